The first-order valence-electron chi connectivity index (χ1n) is 5.47. The predicted molar refractivity (Wildman–Crippen MR) is 63.3 cm³/mol. The van der Waals surface area contributed by atoms with E-state index < -0.39 is 40.0 Å². The molecule has 0 amide bonds. The van der Waals surface area contributed by atoms with Crippen LogP contribution in [-0.4, -0.2) is 21.4 Å². The van der Waals surface area contributed by atoms with Crippen LogP contribution in [0.1, 0.15) is 17.3 Å². The standard InChI is InChI=1S/C12H10F2N2O3/c1-6-2-3-7(13)4-12(6,14)9(17)8-5-15-11(19)16-10(8)18/h2-6H,1H3,(H2,15,16,18,19). The van der Waals surface area contributed by atoms with E-state index in [-0.39, 0.29) is 0 Å². The molecule has 0 saturated carbocycles. The summed E-state index contributed by atoms with van der Waals surface area (Å²) in [5.41, 5.74) is -5.04. The Morgan fingerprint density at radius 3 is 2.74 bits per heavy atom. The van der Waals surface area contributed by atoms with E-state index in [2.05, 4.69) is 4.98 Å². The van der Waals surface area contributed by atoms with Gasteiger partial charge in [0.1, 0.15) is 11.4 Å². The number of alkyl halides is 1. The van der Waals surface area contributed by atoms with E-state index in [1.54, 1.807) is 0 Å². The number of ketones is 1. The molecule has 1 aliphatic carbocycles. The van der Waals surface area contributed by atoms with Gasteiger partial charge in [0.2, 0.25) is 11.5 Å². The molecule has 7 heteroatoms. The van der Waals surface area contributed by atoms with Gasteiger partial charge in [-0.3, -0.25) is 14.6 Å². The number of carbonyl (C=O) groups is 1. The molecule has 2 N–H and O–H groups in total. The van der Waals surface area contributed by atoms with E-state index in [0.29, 0.717) is 6.08 Å². The van der Waals surface area contributed by atoms with Gasteiger partial charge >= 0.3 is 5.69 Å². The fourth-order valence-electron chi connectivity index (χ4n) is 1.81. The van der Waals surface area contributed by atoms with Crippen LogP contribution < -0.4 is 11.2 Å². The Hall–Kier alpha value is -2.31. The van der Waals surface area contributed by atoms with Gasteiger partial charge in [-0.05, 0) is 12.2 Å². The second-order valence-electron chi connectivity index (χ2n) is 4.26. The number of allylic oxidation sites excluding steroid dienone is 4. The molecular formula is C12H10F2N2O3. The highest BCUT2D eigenvalue weighted by Crippen LogP contribution is 2.33. The van der Waals surface area contributed by atoms with Gasteiger partial charge in [0.25, 0.3) is 5.56 Å². The number of Topliss-reactive ketones (excluding diaryl/α,β-unsaturated/α-hetero) is 1. The van der Waals surface area contributed by atoms with Gasteiger partial charge in [-0.1, -0.05) is 13.0 Å². The van der Waals surface area contributed by atoms with E-state index >= 15 is 0 Å². The molecule has 0 spiro atoms. The minimum absolute atomic E-state index is 0.532. The lowest BCUT2D eigenvalue weighted by molar-refractivity contribution is 0.0701. The fourth-order valence-corrected chi connectivity index (χ4v) is 1.81. The maximum Gasteiger partial charge on any atom is 0.325 e. The Balaban J connectivity index is 2.52. The highest BCUT2D eigenvalue weighted by Gasteiger charge is 2.44. The van der Waals surface area contributed by atoms with Crippen molar-refractivity contribution in [3.8, 4) is 0 Å². The van der Waals surface area contributed by atoms with Crippen LogP contribution in [0.2, 0.25) is 0 Å². The van der Waals surface area contributed by atoms with Crippen molar-refractivity contribution in [1.82, 2.24) is 9.97 Å². The molecule has 1 aliphatic rings. The molecule has 2 unspecified atom stereocenters. The van der Waals surface area contributed by atoms with Crippen molar-refractivity contribution in [3.05, 3.63) is 56.7 Å². The third-order valence-corrected chi connectivity index (χ3v) is 2.97. The third kappa shape index (κ3) is 2.18. The number of rotatable bonds is 2. The van der Waals surface area contributed by atoms with Crippen LogP contribution in [0.25, 0.3) is 0 Å². The van der Waals surface area contributed by atoms with Crippen LogP contribution in [0, 0.1) is 5.92 Å². The van der Waals surface area contributed by atoms with E-state index in [4.69, 9.17) is 0 Å². The largest absolute Gasteiger partial charge is 0.325 e. The molecule has 0 fully saturated rings. The summed E-state index contributed by atoms with van der Waals surface area (Å²) in [7, 11) is 0. The van der Waals surface area contributed by atoms with Gasteiger partial charge in [-0.25, -0.2) is 13.6 Å². The normalized spacial score (nSPS) is 26.1. The lowest BCUT2D eigenvalue weighted by Gasteiger charge is -2.27. The zero-order chi connectivity index (χ0) is 14.2. The average Bonchev–Trinajstić information content (AvgIpc) is 2.33. The van der Waals surface area contributed by atoms with Crippen molar-refractivity contribution in [1.29, 1.82) is 0 Å². The third-order valence-electron chi connectivity index (χ3n) is 2.97. The van der Waals surface area contributed by atoms with Gasteiger partial charge in [0.15, 0.2) is 0 Å². The number of aromatic amines is 2. The van der Waals surface area contributed by atoms with Crippen LogP contribution in [0.5, 0.6) is 0 Å². The van der Waals surface area contributed by atoms with Crippen molar-refractivity contribution < 1.29 is 13.6 Å². The summed E-state index contributed by atoms with van der Waals surface area (Å²) in [6, 6.07) is 0. The highest BCUT2D eigenvalue weighted by atomic mass is 19.1. The number of aromatic nitrogens is 2. The molecule has 0 aliphatic heterocycles. The molecule has 0 bridgehead atoms. The maximum absolute atomic E-state index is 14.6. The molecule has 19 heavy (non-hydrogen) atoms. The number of carbonyl (C=O) groups excluding carboxylic acids is 1. The van der Waals surface area contributed by atoms with Crippen molar-refractivity contribution in [2.45, 2.75) is 12.6 Å². The Bertz CT molecular complexity index is 701. The molecule has 0 saturated heterocycles. The minimum Gasteiger partial charge on any atom is -0.313 e. The molecular weight excluding hydrogens is 258 g/mol. The number of hydrogen-bond acceptors (Lipinski definition) is 3. The van der Waals surface area contributed by atoms with Crippen molar-refractivity contribution in [3.63, 3.8) is 0 Å². The van der Waals surface area contributed by atoms with Crippen LogP contribution in [-0.2, 0) is 0 Å². The van der Waals surface area contributed by atoms with Crippen LogP contribution >= 0.6 is 0 Å². The second kappa shape index (κ2) is 4.42. The fraction of sp³-hybridized carbons (Fsp3) is 0.250. The lowest BCUT2D eigenvalue weighted by atomic mass is 9.81. The number of H-pyrrole nitrogens is 2. The summed E-state index contributed by atoms with van der Waals surface area (Å²) in [4.78, 5) is 38.2. The average molecular weight is 268 g/mol. The summed E-state index contributed by atoms with van der Waals surface area (Å²) in [6.45, 7) is 1.39. The smallest absolute Gasteiger partial charge is 0.313 e. The summed E-state index contributed by atoms with van der Waals surface area (Å²) in [6.07, 6.45) is 3.60. The van der Waals surface area contributed by atoms with Crippen LogP contribution in [0.4, 0.5) is 8.78 Å². The Kier molecular flexibility index (Phi) is 3.05. The first kappa shape index (κ1) is 13.1. The molecule has 1 aromatic heterocycles. The van der Waals surface area contributed by atoms with Crippen LogP contribution in [0.3, 0.4) is 0 Å². The van der Waals surface area contributed by atoms with E-state index in [0.717, 1.165) is 12.3 Å². The summed E-state index contributed by atoms with van der Waals surface area (Å²) >= 11 is 0. The molecule has 1 heterocycles. The van der Waals surface area contributed by atoms with Gasteiger partial charge < -0.3 is 4.98 Å². The summed E-state index contributed by atoms with van der Waals surface area (Å²) in [5, 5.41) is 0. The van der Waals surface area contributed by atoms with Gasteiger partial charge in [0.05, 0.1) is 0 Å². The Morgan fingerprint density at radius 2 is 2.11 bits per heavy atom. The molecule has 100 valence electrons. The number of nitrogens with one attached hydrogen (secondary N) is 2. The van der Waals surface area contributed by atoms with E-state index in [1.807, 2.05) is 4.98 Å². The van der Waals surface area contributed by atoms with Crippen molar-refractivity contribution in [2.24, 2.45) is 5.92 Å². The Morgan fingerprint density at radius 1 is 1.42 bits per heavy atom. The first-order valence-corrected chi connectivity index (χ1v) is 5.47. The quantitative estimate of drug-likeness (QED) is 0.785. The summed E-state index contributed by atoms with van der Waals surface area (Å²) in [5.74, 6) is -3.02. The molecule has 0 aromatic carbocycles. The van der Waals surface area contributed by atoms with Crippen LogP contribution in [0.15, 0.2) is 39.8 Å². The zero-order valence-electron chi connectivity index (χ0n) is 9.87. The zero-order valence-corrected chi connectivity index (χ0v) is 9.87. The monoisotopic (exact) mass is 268 g/mol. The molecule has 5 nitrogen and oxygen atoms in total. The topological polar surface area (TPSA) is 82.8 Å². The number of halogens is 2. The van der Waals surface area contributed by atoms with Crippen molar-refractivity contribution in [2.75, 3.05) is 0 Å². The van der Waals surface area contributed by atoms with Gasteiger partial charge in [0, 0.05) is 12.1 Å². The molecule has 0 radical (unpaired) electrons. The molecule has 2 rings (SSSR count). The maximum atomic E-state index is 14.6. The van der Waals surface area contributed by atoms with Gasteiger partial charge in [-0.2, -0.15) is 0 Å². The SMILES string of the molecule is CC1C=CC(F)=CC1(F)C(=O)c1c[nH]c(=O)[nH]c1=O. The van der Waals surface area contributed by atoms with Crippen molar-refractivity contribution >= 4 is 5.78 Å². The molecule has 2 atom stereocenters. The summed E-state index contributed by atoms with van der Waals surface area (Å²) < 4.78 is 27.7. The van der Waals surface area contributed by atoms with E-state index in [1.165, 1.54) is 13.0 Å². The predicted octanol–water partition coefficient (Wildman–Crippen LogP) is 1.01. The molecule has 1 aromatic rings. The second-order valence-corrected chi connectivity index (χ2v) is 4.26. The number of hydrogen-bond donors (Lipinski definition) is 2. The lowest BCUT2D eigenvalue weighted by Crippen LogP contribution is -2.42. The highest BCUT2D eigenvalue weighted by molar-refractivity contribution is 6.04. The first-order chi connectivity index (χ1) is 8.84. The van der Waals surface area contributed by atoms with Gasteiger partial charge in [-0.15, -0.1) is 0 Å². The van der Waals surface area contributed by atoms with E-state index in [9.17, 15) is 23.2 Å². The Labute approximate surface area is 105 Å². The minimum atomic E-state index is -2.65.